The lowest BCUT2D eigenvalue weighted by molar-refractivity contribution is 0.320. The lowest BCUT2D eigenvalue weighted by Gasteiger charge is -2.24. The topological polar surface area (TPSA) is 53.1 Å². The third kappa shape index (κ3) is 4.88. The lowest BCUT2D eigenvalue weighted by Crippen LogP contribution is -2.31. The maximum absolute atomic E-state index is 7.39. The van der Waals surface area contributed by atoms with Crippen LogP contribution in [0.4, 0.5) is 0 Å². The molecule has 0 bridgehead atoms. The molecule has 0 saturated heterocycles. The van der Waals surface area contributed by atoms with Crippen LogP contribution >= 0.6 is 0 Å². The van der Waals surface area contributed by atoms with Crippen LogP contribution in [0.1, 0.15) is 33.6 Å². The molecule has 0 fully saturated rings. The summed E-state index contributed by atoms with van der Waals surface area (Å²) in [6.45, 7) is 8.38. The zero-order valence-electron chi connectivity index (χ0n) is 9.35. The molecular weight excluding hydrogens is 162 g/mol. The van der Waals surface area contributed by atoms with Gasteiger partial charge in [-0.15, -0.1) is 0 Å². The Morgan fingerprint density at radius 3 is 2.38 bits per heavy atom. The van der Waals surface area contributed by atoms with Gasteiger partial charge < -0.3 is 10.6 Å². The zero-order valence-corrected chi connectivity index (χ0v) is 9.35. The number of nitrogens with one attached hydrogen (secondary N) is 1. The first-order valence-corrected chi connectivity index (χ1v) is 4.93. The van der Waals surface area contributed by atoms with Crippen molar-refractivity contribution in [3.63, 3.8) is 0 Å². The summed E-state index contributed by atoms with van der Waals surface area (Å²) in [7, 11) is 2.11. The van der Waals surface area contributed by atoms with Crippen LogP contribution in [0.25, 0.3) is 0 Å². The minimum Gasteiger partial charge on any atom is -0.387 e. The number of nitrogens with two attached hydrogens (primary N) is 1. The normalized spacial score (nSPS) is 12.1. The van der Waals surface area contributed by atoms with Crippen LogP contribution in [-0.4, -0.2) is 30.9 Å². The van der Waals surface area contributed by atoms with Crippen molar-refractivity contribution in [1.82, 2.24) is 4.90 Å². The van der Waals surface area contributed by atoms with E-state index in [1.165, 1.54) is 0 Å². The van der Waals surface area contributed by atoms with E-state index in [1.54, 1.807) is 0 Å². The van der Waals surface area contributed by atoms with E-state index < -0.39 is 0 Å². The molecule has 0 unspecified atom stereocenters. The van der Waals surface area contributed by atoms with Crippen LogP contribution in [0.3, 0.4) is 0 Å². The van der Waals surface area contributed by atoms with Crippen LogP contribution in [-0.2, 0) is 0 Å². The Kier molecular flexibility index (Phi) is 4.99. The molecule has 0 aromatic heterocycles. The molecule has 78 valence electrons. The Labute approximate surface area is 81.8 Å². The summed E-state index contributed by atoms with van der Waals surface area (Å²) in [5.74, 6) is 0.298. The molecule has 0 aliphatic heterocycles. The molecule has 0 radical (unpaired) electrons. The summed E-state index contributed by atoms with van der Waals surface area (Å²) >= 11 is 0. The number of rotatable bonds is 6. The van der Waals surface area contributed by atoms with Gasteiger partial charge in [-0.25, -0.2) is 0 Å². The molecule has 0 heterocycles. The average molecular weight is 185 g/mol. The third-order valence-electron chi connectivity index (χ3n) is 2.61. The van der Waals surface area contributed by atoms with Crippen LogP contribution in [0.5, 0.6) is 0 Å². The van der Waals surface area contributed by atoms with Crippen LogP contribution in [0, 0.1) is 10.8 Å². The third-order valence-corrected chi connectivity index (χ3v) is 2.61. The monoisotopic (exact) mass is 185 g/mol. The second kappa shape index (κ2) is 5.22. The summed E-state index contributed by atoms with van der Waals surface area (Å²) in [4.78, 5) is 2.27. The number of hydrogen-bond donors (Lipinski definition) is 2. The number of nitrogens with zero attached hydrogens (tertiary/aromatic N) is 1. The van der Waals surface area contributed by atoms with Gasteiger partial charge in [0.1, 0.15) is 0 Å². The van der Waals surface area contributed by atoms with E-state index in [2.05, 4.69) is 18.9 Å². The van der Waals surface area contributed by atoms with Gasteiger partial charge in [-0.1, -0.05) is 20.8 Å². The molecule has 3 nitrogen and oxygen atoms in total. The van der Waals surface area contributed by atoms with E-state index in [1.807, 2.05) is 13.8 Å². The van der Waals surface area contributed by atoms with Gasteiger partial charge in [-0.2, -0.15) is 0 Å². The van der Waals surface area contributed by atoms with Crippen LogP contribution < -0.4 is 5.73 Å². The van der Waals surface area contributed by atoms with Crippen LogP contribution in [0.15, 0.2) is 0 Å². The standard InChI is InChI=1S/C10H23N3/c1-5-13(4)8-6-7-10(2,3)9(11)12/h5-8H2,1-4H3,(H3,11,12). The highest BCUT2D eigenvalue weighted by Crippen LogP contribution is 2.21. The molecule has 0 aromatic rings. The van der Waals surface area contributed by atoms with Crippen LogP contribution in [0.2, 0.25) is 0 Å². The van der Waals surface area contributed by atoms with Gasteiger partial charge in [0.25, 0.3) is 0 Å². The predicted octanol–water partition coefficient (Wildman–Crippen LogP) is 1.68. The van der Waals surface area contributed by atoms with Crippen molar-refractivity contribution < 1.29 is 0 Å². The highest BCUT2D eigenvalue weighted by molar-refractivity contribution is 5.82. The second-order valence-electron chi connectivity index (χ2n) is 4.30. The van der Waals surface area contributed by atoms with Crippen molar-refractivity contribution in [2.45, 2.75) is 33.6 Å². The molecule has 0 rings (SSSR count). The van der Waals surface area contributed by atoms with E-state index in [9.17, 15) is 0 Å². The highest BCUT2D eigenvalue weighted by atomic mass is 15.1. The summed E-state index contributed by atoms with van der Waals surface area (Å²) in [5, 5.41) is 7.39. The summed E-state index contributed by atoms with van der Waals surface area (Å²) < 4.78 is 0. The fraction of sp³-hybridized carbons (Fsp3) is 0.900. The fourth-order valence-electron chi connectivity index (χ4n) is 1.08. The summed E-state index contributed by atoms with van der Waals surface area (Å²) in [5.41, 5.74) is 5.36. The molecular formula is C10H23N3. The van der Waals surface area contributed by atoms with Gasteiger partial charge in [-0.05, 0) is 33.0 Å². The smallest absolute Gasteiger partial charge is 0.0963 e. The zero-order chi connectivity index (χ0) is 10.5. The van der Waals surface area contributed by atoms with E-state index >= 15 is 0 Å². The van der Waals surface area contributed by atoms with E-state index in [-0.39, 0.29) is 5.41 Å². The summed E-state index contributed by atoms with van der Waals surface area (Å²) in [6, 6.07) is 0. The Morgan fingerprint density at radius 1 is 1.46 bits per heavy atom. The molecule has 13 heavy (non-hydrogen) atoms. The fourth-order valence-corrected chi connectivity index (χ4v) is 1.08. The van der Waals surface area contributed by atoms with Gasteiger partial charge in [0.05, 0.1) is 5.84 Å². The minimum absolute atomic E-state index is 0.130. The first-order chi connectivity index (χ1) is 5.90. The van der Waals surface area contributed by atoms with Gasteiger partial charge in [0.2, 0.25) is 0 Å². The minimum atomic E-state index is -0.130. The van der Waals surface area contributed by atoms with E-state index in [0.29, 0.717) is 5.84 Å². The molecule has 0 saturated carbocycles. The quantitative estimate of drug-likeness (QED) is 0.488. The Balaban J connectivity index is 3.70. The number of hydrogen-bond acceptors (Lipinski definition) is 2. The Morgan fingerprint density at radius 2 is 2.00 bits per heavy atom. The molecule has 3 heteroatoms. The second-order valence-corrected chi connectivity index (χ2v) is 4.30. The Hall–Kier alpha value is -0.570. The maximum atomic E-state index is 7.39. The first-order valence-electron chi connectivity index (χ1n) is 4.93. The first kappa shape index (κ1) is 12.4. The molecule has 0 aliphatic carbocycles. The van der Waals surface area contributed by atoms with E-state index in [4.69, 9.17) is 11.1 Å². The molecule has 0 spiro atoms. The van der Waals surface area contributed by atoms with Crippen molar-refractivity contribution in [3.05, 3.63) is 0 Å². The molecule has 0 aromatic carbocycles. The van der Waals surface area contributed by atoms with Gasteiger partial charge >= 0.3 is 0 Å². The molecule has 3 N–H and O–H groups in total. The largest absolute Gasteiger partial charge is 0.387 e. The number of amidine groups is 1. The van der Waals surface area contributed by atoms with Crippen molar-refractivity contribution >= 4 is 5.84 Å². The highest BCUT2D eigenvalue weighted by Gasteiger charge is 2.20. The SMILES string of the molecule is CCN(C)CCCC(C)(C)C(=N)N. The van der Waals surface area contributed by atoms with Crippen molar-refractivity contribution in [2.24, 2.45) is 11.1 Å². The molecule has 0 aliphatic rings. The van der Waals surface area contributed by atoms with Gasteiger partial charge in [0.15, 0.2) is 0 Å². The van der Waals surface area contributed by atoms with Crippen molar-refractivity contribution in [1.29, 1.82) is 5.41 Å². The lowest BCUT2D eigenvalue weighted by atomic mass is 9.86. The van der Waals surface area contributed by atoms with Crippen molar-refractivity contribution in [3.8, 4) is 0 Å². The molecule has 0 amide bonds. The maximum Gasteiger partial charge on any atom is 0.0963 e. The van der Waals surface area contributed by atoms with Gasteiger partial charge in [0, 0.05) is 5.41 Å². The van der Waals surface area contributed by atoms with Crippen molar-refractivity contribution in [2.75, 3.05) is 20.1 Å². The molecule has 0 atom stereocenters. The van der Waals surface area contributed by atoms with E-state index in [0.717, 1.165) is 25.9 Å². The predicted molar refractivity (Wildman–Crippen MR) is 58.1 cm³/mol. The van der Waals surface area contributed by atoms with Gasteiger partial charge in [-0.3, -0.25) is 5.41 Å². The average Bonchev–Trinajstić information content (AvgIpc) is 2.03. The summed E-state index contributed by atoms with van der Waals surface area (Å²) in [6.07, 6.45) is 2.10. The Bertz CT molecular complexity index is 164.